The van der Waals surface area contributed by atoms with Crippen molar-refractivity contribution in [1.29, 1.82) is 0 Å². The van der Waals surface area contributed by atoms with E-state index >= 15 is 0 Å². The summed E-state index contributed by atoms with van der Waals surface area (Å²) in [4.78, 5) is 28.3. The number of fused-ring (bicyclic) bond motifs is 1. The number of pyridine rings is 2. The highest BCUT2D eigenvalue weighted by molar-refractivity contribution is 5.92. The summed E-state index contributed by atoms with van der Waals surface area (Å²) >= 11 is 0. The highest BCUT2D eigenvalue weighted by Crippen LogP contribution is 2.24. The Labute approximate surface area is 150 Å². The van der Waals surface area contributed by atoms with Gasteiger partial charge in [0.25, 0.3) is 5.56 Å². The Bertz CT molecular complexity index is 1150. The average Bonchev–Trinajstić information content (AvgIpc) is 2.65. The second-order valence-electron chi connectivity index (χ2n) is 6.13. The van der Waals surface area contributed by atoms with Gasteiger partial charge in [0.15, 0.2) is 5.65 Å². The van der Waals surface area contributed by atoms with Crippen LogP contribution in [0.2, 0.25) is 0 Å². The molecule has 6 heteroatoms. The molecule has 26 heavy (non-hydrogen) atoms. The average molecular weight is 343 g/mol. The third kappa shape index (κ3) is 2.93. The summed E-state index contributed by atoms with van der Waals surface area (Å²) in [5, 5.41) is 3.61. The molecule has 4 aromatic rings. The Balaban J connectivity index is 1.80. The standard InChI is InChI=1S/C20H17N5O/c1-12-3-4-15(11-13(12)2)23-20-24-18-17(19(26)25-20)16(7-10-22-18)14-5-8-21-9-6-14/h3-11H,1-2H3,(H2,22,23,24,25,26). The summed E-state index contributed by atoms with van der Waals surface area (Å²) in [6.45, 7) is 4.10. The maximum atomic E-state index is 12.7. The molecule has 1 aromatic carbocycles. The lowest BCUT2D eigenvalue weighted by Crippen LogP contribution is -2.13. The normalized spacial score (nSPS) is 10.8. The molecular formula is C20H17N5O. The number of aryl methyl sites for hydroxylation is 2. The number of nitrogens with zero attached hydrogens (tertiary/aromatic N) is 3. The molecule has 128 valence electrons. The highest BCUT2D eigenvalue weighted by atomic mass is 16.1. The van der Waals surface area contributed by atoms with Crippen molar-refractivity contribution in [2.24, 2.45) is 0 Å². The lowest BCUT2D eigenvalue weighted by Gasteiger charge is -2.09. The number of hydrogen-bond donors (Lipinski definition) is 2. The lowest BCUT2D eigenvalue weighted by atomic mass is 10.1. The topological polar surface area (TPSA) is 83.6 Å². The van der Waals surface area contributed by atoms with Crippen LogP contribution >= 0.6 is 0 Å². The van der Waals surface area contributed by atoms with Gasteiger partial charge < -0.3 is 5.32 Å². The smallest absolute Gasteiger partial charge is 0.262 e. The van der Waals surface area contributed by atoms with Gasteiger partial charge in [0.1, 0.15) is 0 Å². The number of rotatable bonds is 3. The molecule has 0 unspecified atom stereocenters. The van der Waals surface area contributed by atoms with Crippen molar-refractivity contribution in [2.75, 3.05) is 5.32 Å². The molecule has 0 aliphatic heterocycles. The number of hydrogen-bond acceptors (Lipinski definition) is 5. The predicted molar refractivity (Wildman–Crippen MR) is 103 cm³/mol. The number of nitrogens with one attached hydrogen (secondary N) is 2. The molecule has 0 spiro atoms. The van der Waals surface area contributed by atoms with Crippen molar-refractivity contribution in [2.45, 2.75) is 13.8 Å². The Morgan fingerprint density at radius 3 is 2.54 bits per heavy atom. The summed E-state index contributed by atoms with van der Waals surface area (Å²) < 4.78 is 0. The molecule has 2 N–H and O–H groups in total. The third-order valence-corrected chi connectivity index (χ3v) is 4.37. The molecule has 0 bridgehead atoms. The van der Waals surface area contributed by atoms with Crippen LogP contribution in [0.25, 0.3) is 22.2 Å². The maximum absolute atomic E-state index is 12.7. The molecule has 6 nitrogen and oxygen atoms in total. The first-order valence-electron chi connectivity index (χ1n) is 8.25. The maximum Gasteiger partial charge on any atom is 0.262 e. The molecule has 0 fully saturated rings. The van der Waals surface area contributed by atoms with E-state index in [-0.39, 0.29) is 5.56 Å². The second-order valence-corrected chi connectivity index (χ2v) is 6.13. The molecule has 0 aliphatic rings. The van der Waals surface area contributed by atoms with Crippen molar-refractivity contribution in [3.8, 4) is 11.1 Å². The molecular weight excluding hydrogens is 326 g/mol. The zero-order chi connectivity index (χ0) is 18.1. The molecule has 3 aromatic heterocycles. The van der Waals surface area contributed by atoms with E-state index in [1.807, 2.05) is 43.3 Å². The number of H-pyrrole nitrogens is 1. The number of anilines is 2. The van der Waals surface area contributed by atoms with Crippen LogP contribution in [-0.2, 0) is 0 Å². The zero-order valence-electron chi connectivity index (χ0n) is 14.4. The first-order chi connectivity index (χ1) is 12.6. The van der Waals surface area contributed by atoms with Gasteiger partial charge in [-0.1, -0.05) is 6.07 Å². The molecule has 0 radical (unpaired) electrons. The van der Waals surface area contributed by atoms with E-state index in [2.05, 4.69) is 32.2 Å². The summed E-state index contributed by atoms with van der Waals surface area (Å²) in [7, 11) is 0. The Morgan fingerprint density at radius 2 is 1.77 bits per heavy atom. The Morgan fingerprint density at radius 1 is 0.962 bits per heavy atom. The van der Waals surface area contributed by atoms with Gasteiger partial charge in [-0.25, -0.2) is 4.98 Å². The molecule has 3 heterocycles. The van der Waals surface area contributed by atoms with Crippen molar-refractivity contribution < 1.29 is 0 Å². The quantitative estimate of drug-likeness (QED) is 0.592. The fraction of sp³-hybridized carbons (Fsp3) is 0.100. The number of aromatic nitrogens is 4. The third-order valence-electron chi connectivity index (χ3n) is 4.37. The van der Waals surface area contributed by atoms with Crippen molar-refractivity contribution in [1.82, 2.24) is 19.9 Å². The van der Waals surface area contributed by atoms with Crippen LogP contribution in [0.15, 0.2) is 59.8 Å². The van der Waals surface area contributed by atoms with E-state index in [1.54, 1.807) is 18.6 Å². The first kappa shape index (κ1) is 16.0. The van der Waals surface area contributed by atoms with Gasteiger partial charge in [0.05, 0.1) is 5.39 Å². The van der Waals surface area contributed by atoms with Gasteiger partial charge >= 0.3 is 0 Å². The fourth-order valence-corrected chi connectivity index (χ4v) is 2.85. The molecule has 0 saturated carbocycles. The minimum atomic E-state index is -0.235. The van der Waals surface area contributed by atoms with Gasteiger partial charge in [0, 0.05) is 24.3 Å². The van der Waals surface area contributed by atoms with Crippen LogP contribution in [0, 0.1) is 13.8 Å². The molecule has 0 amide bonds. The van der Waals surface area contributed by atoms with E-state index in [1.165, 1.54) is 5.56 Å². The van der Waals surface area contributed by atoms with E-state index in [0.717, 1.165) is 22.4 Å². The largest absolute Gasteiger partial charge is 0.326 e. The predicted octanol–water partition coefficient (Wildman–Crippen LogP) is 3.74. The van der Waals surface area contributed by atoms with Crippen molar-refractivity contribution in [3.05, 3.63) is 76.5 Å². The van der Waals surface area contributed by atoms with Crippen LogP contribution in [0.3, 0.4) is 0 Å². The van der Waals surface area contributed by atoms with E-state index in [0.29, 0.717) is 17.0 Å². The lowest BCUT2D eigenvalue weighted by molar-refractivity contribution is 1.14. The van der Waals surface area contributed by atoms with Gasteiger partial charge in [-0.2, -0.15) is 4.98 Å². The van der Waals surface area contributed by atoms with Crippen LogP contribution in [0.4, 0.5) is 11.6 Å². The summed E-state index contributed by atoms with van der Waals surface area (Å²) in [5.74, 6) is 0.366. The van der Waals surface area contributed by atoms with Crippen LogP contribution in [-0.4, -0.2) is 19.9 Å². The van der Waals surface area contributed by atoms with E-state index in [9.17, 15) is 4.79 Å². The minimum absolute atomic E-state index is 0.235. The number of benzene rings is 1. The van der Waals surface area contributed by atoms with Crippen molar-refractivity contribution in [3.63, 3.8) is 0 Å². The second kappa shape index (κ2) is 6.40. The van der Waals surface area contributed by atoms with E-state index < -0.39 is 0 Å². The fourth-order valence-electron chi connectivity index (χ4n) is 2.85. The monoisotopic (exact) mass is 343 g/mol. The summed E-state index contributed by atoms with van der Waals surface area (Å²) in [6, 6.07) is 11.5. The molecule has 0 aliphatic carbocycles. The number of aromatic amines is 1. The van der Waals surface area contributed by atoms with Crippen LogP contribution < -0.4 is 10.9 Å². The minimum Gasteiger partial charge on any atom is -0.326 e. The van der Waals surface area contributed by atoms with Crippen LogP contribution in [0.1, 0.15) is 11.1 Å². The highest BCUT2D eigenvalue weighted by Gasteiger charge is 2.11. The van der Waals surface area contributed by atoms with Crippen LogP contribution in [0.5, 0.6) is 0 Å². The SMILES string of the molecule is Cc1ccc(Nc2nc3nccc(-c4ccncc4)c3c(=O)[nH]2)cc1C. The first-order valence-corrected chi connectivity index (χ1v) is 8.25. The van der Waals surface area contributed by atoms with E-state index in [4.69, 9.17) is 0 Å². The molecule has 0 saturated heterocycles. The summed E-state index contributed by atoms with van der Waals surface area (Å²) in [5.41, 5.74) is 5.07. The zero-order valence-corrected chi connectivity index (χ0v) is 14.4. The molecule has 4 rings (SSSR count). The Hall–Kier alpha value is -3.54. The summed E-state index contributed by atoms with van der Waals surface area (Å²) in [6.07, 6.45) is 5.04. The van der Waals surface area contributed by atoms with Gasteiger partial charge in [-0.15, -0.1) is 0 Å². The van der Waals surface area contributed by atoms with Gasteiger partial charge in [-0.3, -0.25) is 14.8 Å². The van der Waals surface area contributed by atoms with Gasteiger partial charge in [-0.05, 0) is 66.4 Å². The van der Waals surface area contributed by atoms with Gasteiger partial charge in [0.2, 0.25) is 5.95 Å². The van der Waals surface area contributed by atoms with Crippen molar-refractivity contribution >= 4 is 22.7 Å². The Kier molecular flexibility index (Phi) is 3.93. The molecule has 0 atom stereocenters.